The Hall–Kier alpha value is -0.650. The lowest BCUT2D eigenvalue weighted by atomic mass is 10.1. The van der Waals surface area contributed by atoms with Crippen LogP contribution in [0.25, 0.3) is 0 Å². The summed E-state index contributed by atoms with van der Waals surface area (Å²) in [7, 11) is 1.41. The number of esters is 1. The average molecular weight is 243 g/mol. The minimum Gasteiger partial charge on any atom is -0.468 e. The van der Waals surface area contributed by atoms with Crippen molar-refractivity contribution in [1.82, 2.24) is 5.32 Å². The van der Waals surface area contributed by atoms with Gasteiger partial charge in [0.2, 0.25) is 0 Å². The Morgan fingerprint density at radius 1 is 1.35 bits per heavy atom. The molecule has 2 aliphatic heterocycles. The molecule has 2 heterocycles. The summed E-state index contributed by atoms with van der Waals surface area (Å²) in [5.74, 6) is -0.241. The number of carbonyl (C=O) groups is 1. The van der Waals surface area contributed by atoms with Gasteiger partial charge in [-0.05, 0) is 25.7 Å². The monoisotopic (exact) mass is 243 g/mol. The second kappa shape index (κ2) is 6.33. The lowest BCUT2D eigenvalue weighted by Gasteiger charge is -2.23. The van der Waals surface area contributed by atoms with Crippen LogP contribution >= 0.6 is 0 Å². The first kappa shape index (κ1) is 12.8. The van der Waals surface area contributed by atoms with Crippen molar-refractivity contribution in [2.75, 3.05) is 26.9 Å². The third-order valence-corrected chi connectivity index (χ3v) is 3.38. The molecule has 0 radical (unpaired) electrons. The van der Waals surface area contributed by atoms with Gasteiger partial charge in [-0.2, -0.15) is 0 Å². The SMILES string of the molecule is COC(=O)C(NCC1CCCO1)C1CCCO1. The molecule has 17 heavy (non-hydrogen) atoms. The molecular formula is C12H21NO4. The number of ether oxygens (including phenoxy) is 3. The van der Waals surface area contributed by atoms with Crippen molar-refractivity contribution in [3.8, 4) is 0 Å². The molecule has 0 aromatic rings. The van der Waals surface area contributed by atoms with E-state index in [1.165, 1.54) is 7.11 Å². The molecule has 0 aromatic heterocycles. The number of hydrogen-bond acceptors (Lipinski definition) is 5. The molecule has 98 valence electrons. The Morgan fingerprint density at radius 2 is 2.12 bits per heavy atom. The number of hydrogen-bond donors (Lipinski definition) is 1. The Morgan fingerprint density at radius 3 is 2.71 bits per heavy atom. The van der Waals surface area contributed by atoms with E-state index >= 15 is 0 Å². The van der Waals surface area contributed by atoms with Gasteiger partial charge in [-0.1, -0.05) is 0 Å². The Balaban J connectivity index is 1.83. The highest BCUT2D eigenvalue weighted by Gasteiger charge is 2.33. The summed E-state index contributed by atoms with van der Waals surface area (Å²) in [5.41, 5.74) is 0. The fourth-order valence-corrected chi connectivity index (χ4v) is 2.42. The van der Waals surface area contributed by atoms with Crippen LogP contribution in [-0.4, -0.2) is 51.1 Å². The summed E-state index contributed by atoms with van der Waals surface area (Å²) in [4.78, 5) is 11.7. The molecular weight excluding hydrogens is 222 g/mol. The van der Waals surface area contributed by atoms with E-state index in [4.69, 9.17) is 14.2 Å². The number of nitrogens with one attached hydrogen (secondary N) is 1. The molecule has 5 nitrogen and oxygen atoms in total. The predicted octanol–water partition coefficient (Wildman–Crippen LogP) is 0.476. The molecule has 0 amide bonds. The first-order valence-electron chi connectivity index (χ1n) is 6.35. The van der Waals surface area contributed by atoms with Gasteiger partial charge >= 0.3 is 5.97 Å². The van der Waals surface area contributed by atoms with Gasteiger partial charge in [0.15, 0.2) is 0 Å². The van der Waals surface area contributed by atoms with E-state index < -0.39 is 0 Å². The largest absolute Gasteiger partial charge is 0.468 e. The average Bonchev–Trinajstić information content (AvgIpc) is 3.01. The number of carbonyl (C=O) groups excluding carboxylic acids is 1. The summed E-state index contributed by atoms with van der Waals surface area (Å²) in [6.07, 6.45) is 4.27. The molecule has 3 atom stereocenters. The van der Waals surface area contributed by atoms with Crippen LogP contribution in [0.15, 0.2) is 0 Å². The standard InChI is InChI=1S/C12H21NO4/c1-15-12(14)11(10-5-3-7-17-10)13-8-9-4-2-6-16-9/h9-11,13H,2-8H2,1H3. The second-order valence-electron chi connectivity index (χ2n) is 4.60. The topological polar surface area (TPSA) is 56.8 Å². The molecule has 2 fully saturated rings. The lowest BCUT2D eigenvalue weighted by molar-refractivity contribution is -0.146. The van der Waals surface area contributed by atoms with E-state index in [-0.39, 0.29) is 24.2 Å². The van der Waals surface area contributed by atoms with Gasteiger partial charge in [0.05, 0.1) is 19.3 Å². The first-order valence-corrected chi connectivity index (χ1v) is 6.35. The van der Waals surface area contributed by atoms with Gasteiger partial charge in [-0.3, -0.25) is 10.1 Å². The molecule has 0 saturated carbocycles. The van der Waals surface area contributed by atoms with Crippen LogP contribution in [0.4, 0.5) is 0 Å². The zero-order chi connectivity index (χ0) is 12.1. The maximum atomic E-state index is 11.7. The quantitative estimate of drug-likeness (QED) is 0.712. The second-order valence-corrected chi connectivity index (χ2v) is 4.60. The smallest absolute Gasteiger partial charge is 0.325 e. The van der Waals surface area contributed by atoms with E-state index in [1.807, 2.05) is 0 Å². The maximum Gasteiger partial charge on any atom is 0.325 e. The van der Waals surface area contributed by atoms with Crippen molar-refractivity contribution in [2.24, 2.45) is 0 Å². The van der Waals surface area contributed by atoms with Crippen molar-refractivity contribution >= 4 is 5.97 Å². The van der Waals surface area contributed by atoms with Crippen LogP contribution in [0.5, 0.6) is 0 Å². The van der Waals surface area contributed by atoms with Crippen LogP contribution in [0, 0.1) is 0 Å². The van der Waals surface area contributed by atoms with Gasteiger partial charge in [0, 0.05) is 19.8 Å². The molecule has 2 rings (SSSR count). The van der Waals surface area contributed by atoms with Crippen molar-refractivity contribution in [3.05, 3.63) is 0 Å². The van der Waals surface area contributed by atoms with Crippen LogP contribution in [0.3, 0.4) is 0 Å². The van der Waals surface area contributed by atoms with E-state index in [1.54, 1.807) is 0 Å². The highest BCUT2D eigenvalue weighted by atomic mass is 16.5. The fraction of sp³-hybridized carbons (Fsp3) is 0.917. The third kappa shape index (κ3) is 3.40. The van der Waals surface area contributed by atoms with Crippen molar-refractivity contribution in [2.45, 2.75) is 43.9 Å². The van der Waals surface area contributed by atoms with E-state index in [0.29, 0.717) is 6.54 Å². The molecule has 1 N–H and O–H groups in total. The molecule has 0 aromatic carbocycles. The number of methoxy groups -OCH3 is 1. The molecule has 3 unspecified atom stereocenters. The summed E-state index contributed by atoms with van der Waals surface area (Å²) < 4.78 is 15.9. The van der Waals surface area contributed by atoms with Gasteiger partial charge in [-0.15, -0.1) is 0 Å². The van der Waals surface area contributed by atoms with Crippen LogP contribution in [0.1, 0.15) is 25.7 Å². The number of rotatable bonds is 5. The third-order valence-electron chi connectivity index (χ3n) is 3.38. The summed E-state index contributed by atoms with van der Waals surface area (Å²) in [5, 5.41) is 3.23. The normalized spacial score (nSPS) is 30.4. The van der Waals surface area contributed by atoms with Crippen LogP contribution in [0.2, 0.25) is 0 Å². The Kier molecular flexibility index (Phi) is 4.76. The van der Waals surface area contributed by atoms with Gasteiger partial charge in [0.1, 0.15) is 6.04 Å². The van der Waals surface area contributed by atoms with Gasteiger partial charge < -0.3 is 14.2 Å². The minimum atomic E-state index is -0.355. The van der Waals surface area contributed by atoms with E-state index in [9.17, 15) is 4.79 Å². The molecule has 0 spiro atoms. The Bertz CT molecular complexity index is 247. The molecule has 2 aliphatic rings. The lowest BCUT2D eigenvalue weighted by Crippen LogP contribution is -2.48. The zero-order valence-electron chi connectivity index (χ0n) is 10.3. The van der Waals surface area contributed by atoms with E-state index in [2.05, 4.69) is 5.32 Å². The maximum absolute atomic E-state index is 11.7. The molecule has 0 bridgehead atoms. The first-order chi connectivity index (χ1) is 8.31. The highest BCUT2D eigenvalue weighted by Crippen LogP contribution is 2.17. The molecule has 5 heteroatoms. The summed E-state index contributed by atoms with van der Waals surface area (Å²) in [6, 6.07) is -0.355. The predicted molar refractivity (Wildman–Crippen MR) is 61.8 cm³/mol. The summed E-state index contributed by atoms with van der Waals surface area (Å²) in [6.45, 7) is 2.26. The van der Waals surface area contributed by atoms with Crippen molar-refractivity contribution < 1.29 is 19.0 Å². The Labute approximate surface area is 102 Å². The fourth-order valence-electron chi connectivity index (χ4n) is 2.42. The highest BCUT2D eigenvalue weighted by molar-refractivity contribution is 5.76. The van der Waals surface area contributed by atoms with Crippen molar-refractivity contribution in [3.63, 3.8) is 0 Å². The molecule has 0 aliphatic carbocycles. The van der Waals surface area contributed by atoms with Gasteiger partial charge in [0.25, 0.3) is 0 Å². The van der Waals surface area contributed by atoms with Crippen molar-refractivity contribution in [1.29, 1.82) is 0 Å². The van der Waals surface area contributed by atoms with Crippen LogP contribution in [-0.2, 0) is 19.0 Å². The van der Waals surface area contributed by atoms with Gasteiger partial charge in [-0.25, -0.2) is 0 Å². The molecule has 2 saturated heterocycles. The van der Waals surface area contributed by atoms with Crippen LogP contribution < -0.4 is 5.32 Å². The summed E-state index contributed by atoms with van der Waals surface area (Å²) >= 11 is 0. The zero-order valence-corrected chi connectivity index (χ0v) is 10.3. The van der Waals surface area contributed by atoms with E-state index in [0.717, 1.165) is 38.9 Å². The minimum absolute atomic E-state index is 0.0520.